The zero-order valence-electron chi connectivity index (χ0n) is 12.2. The highest BCUT2D eigenvalue weighted by Crippen LogP contribution is 2.35. The standard InChI is InChI=1S/C14H21ClN2O3/c1-9(2)16-13(18)8-17(3)7-10-5-11(15)14(19)12(6-10)20-4/h5-6,9,19H,7-8H2,1-4H3,(H,16,18). The molecule has 5 nitrogen and oxygen atoms in total. The number of hydrogen-bond donors (Lipinski definition) is 2. The van der Waals surface area contributed by atoms with Crippen LogP contribution in [-0.4, -0.2) is 42.7 Å². The molecule has 0 radical (unpaired) electrons. The van der Waals surface area contributed by atoms with E-state index < -0.39 is 0 Å². The molecule has 1 amide bonds. The molecule has 0 unspecified atom stereocenters. The Bertz CT molecular complexity index is 478. The van der Waals surface area contributed by atoms with Crippen LogP contribution in [-0.2, 0) is 11.3 Å². The number of benzene rings is 1. The van der Waals surface area contributed by atoms with Gasteiger partial charge in [-0.15, -0.1) is 0 Å². The van der Waals surface area contributed by atoms with Crippen molar-refractivity contribution in [1.82, 2.24) is 10.2 Å². The molecule has 0 spiro atoms. The Hall–Kier alpha value is -1.46. The molecule has 20 heavy (non-hydrogen) atoms. The molecule has 2 N–H and O–H groups in total. The Kier molecular flexibility index (Phi) is 6.10. The average molecular weight is 301 g/mol. The van der Waals surface area contributed by atoms with Crippen molar-refractivity contribution < 1.29 is 14.6 Å². The molecule has 0 heterocycles. The van der Waals surface area contributed by atoms with Crippen LogP contribution >= 0.6 is 11.6 Å². The summed E-state index contributed by atoms with van der Waals surface area (Å²) in [5.74, 6) is 0.227. The molecule has 0 saturated carbocycles. The van der Waals surface area contributed by atoms with E-state index in [1.807, 2.05) is 25.8 Å². The number of carbonyl (C=O) groups excluding carboxylic acids is 1. The van der Waals surface area contributed by atoms with Gasteiger partial charge in [0.2, 0.25) is 5.91 Å². The van der Waals surface area contributed by atoms with Gasteiger partial charge >= 0.3 is 0 Å². The average Bonchev–Trinajstić information content (AvgIpc) is 2.31. The van der Waals surface area contributed by atoms with Crippen molar-refractivity contribution in [2.45, 2.75) is 26.4 Å². The first kappa shape index (κ1) is 16.6. The number of rotatable bonds is 6. The molecule has 0 aliphatic carbocycles. The largest absolute Gasteiger partial charge is 0.503 e. The van der Waals surface area contributed by atoms with Crippen LogP contribution in [0.3, 0.4) is 0 Å². The van der Waals surface area contributed by atoms with Crippen LogP contribution < -0.4 is 10.1 Å². The van der Waals surface area contributed by atoms with Crippen molar-refractivity contribution in [3.63, 3.8) is 0 Å². The molecule has 1 aromatic rings. The fraction of sp³-hybridized carbons (Fsp3) is 0.500. The van der Waals surface area contributed by atoms with Crippen LogP contribution in [0.4, 0.5) is 0 Å². The summed E-state index contributed by atoms with van der Waals surface area (Å²) in [4.78, 5) is 13.5. The molecular formula is C14H21ClN2O3. The number of aromatic hydroxyl groups is 1. The summed E-state index contributed by atoms with van der Waals surface area (Å²) in [5, 5.41) is 12.7. The van der Waals surface area contributed by atoms with E-state index in [2.05, 4.69) is 5.32 Å². The number of carbonyl (C=O) groups is 1. The van der Waals surface area contributed by atoms with Gasteiger partial charge in [-0.1, -0.05) is 11.6 Å². The quantitative estimate of drug-likeness (QED) is 0.844. The van der Waals surface area contributed by atoms with Gasteiger partial charge in [-0.2, -0.15) is 0 Å². The number of phenolic OH excluding ortho intramolecular Hbond substituents is 1. The third-order valence-electron chi connectivity index (χ3n) is 2.62. The van der Waals surface area contributed by atoms with Gasteiger partial charge in [0.15, 0.2) is 11.5 Å². The van der Waals surface area contributed by atoms with E-state index in [-0.39, 0.29) is 22.7 Å². The molecule has 6 heteroatoms. The van der Waals surface area contributed by atoms with Gasteiger partial charge in [-0.25, -0.2) is 0 Å². The Labute approximate surface area is 124 Å². The van der Waals surface area contributed by atoms with Crippen LogP contribution in [0.2, 0.25) is 5.02 Å². The smallest absolute Gasteiger partial charge is 0.234 e. The van der Waals surface area contributed by atoms with E-state index in [9.17, 15) is 9.90 Å². The lowest BCUT2D eigenvalue weighted by Crippen LogP contribution is -2.38. The Balaban J connectivity index is 2.68. The predicted octanol–water partition coefficient (Wildman–Crippen LogP) is 2.01. The van der Waals surface area contributed by atoms with Gasteiger partial charge in [0.1, 0.15) is 0 Å². The fourth-order valence-electron chi connectivity index (χ4n) is 1.85. The lowest BCUT2D eigenvalue weighted by Gasteiger charge is -2.18. The summed E-state index contributed by atoms with van der Waals surface area (Å²) in [6.45, 7) is 4.66. The summed E-state index contributed by atoms with van der Waals surface area (Å²) in [6, 6.07) is 3.49. The van der Waals surface area contributed by atoms with Crippen LogP contribution in [0, 0.1) is 0 Å². The number of nitrogens with one attached hydrogen (secondary N) is 1. The second kappa shape index (κ2) is 7.36. The molecular weight excluding hydrogens is 280 g/mol. The zero-order valence-corrected chi connectivity index (χ0v) is 13.0. The fourth-order valence-corrected chi connectivity index (χ4v) is 2.09. The Morgan fingerprint density at radius 2 is 2.15 bits per heavy atom. The molecule has 1 aromatic carbocycles. The lowest BCUT2D eigenvalue weighted by molar-refractivity contribution is -0.122. The van der Waals surface area contributed by atoms with Crippen molar-refractivity contribution in [2.75, 3.05) is 20.7 Å². The summed E-state index contributed by atoms with van der Waals surface area (Å²) in [6.07, 6.45) is 0. The number of nitrogens with zero attached hydrogens (tertiary/aromatic N) is 1. The zero-order chi connectivity index (χ0) is 15.3. The van der Waals surface area contributed by atoms with Crippen LogP contribution in [0.5, 0.6) is 11.5 Å². The minimum absolute atomic E-state index is 0.0284. The van der Waals surface area contributed by atoms with E-state index in [0.717, 1.165) is 5.56 Å². The molecule has 0 saturated heterocycles. The minimum Gasteiger partial charge on any atom is -0.503 e. The van der Waals surface area contributed by atoms with Crippen molar-refractivity contribution >= 4 is 17.5 Å². The number of amides is 1. The molecule has 1 rings (SSSR count). The van der Waals surface area contributed by atoms with Crippen LogP contribution in [0.1, 0.15) is 19.4 Å². The first-order chi connectivity index (χ1) is 9.33. The minimum atomic E-state index is -0.0712. The highest BCUT2D eigenvalue weighted by atomic mass is 35.5. The maximum absolute atomic E-state index is 11.7. The SMILES string of the molecule is COc1cc(CN(C)CC(=O)NC(C)C)cc(Cl)c1O. The third kappa shape index (κ3) is 4.90. The molecule has 0 aliphatic heterocycles. The van der Waals surface area contributed by atoms with Crippen LogP contribution in [0.25, 0.3) is 0 Å². The van der Waals surface area contributed by atoms with Gasteiger partial charge in [0.05, 0.1) is 18.7 Å². The Morgan fingerprint density at radius 3 is 2.70 bits per heavy atom. The number of methoxy groups -OCH3 is 1. The number of likely N-dealkylation sites (N-methyl/N-ethyl adjacent to an activating group) is 1. The molecule has 0 fully saturated rings. The van der Waals surface area contributed by atoms with E-state index >= 15 is 0 Å². The predicted molar refractivity (Wildman–Crippen MR) is 79.3 cm³/mol. The molecule has 0 bridgehead atoms. The highest BCUT2D eigenvalue weighted by molar-refractivity contribution is 6.32. The van der Waals surface area contributed by atoms with Crippen molar-refractivity contribution in [2.24, 2.45) is 0 Å². The summed E-state index contributed by atoms with van der Waals surface area (Å²) in [7, 11) is 3.31. The van der Waals surface area contributed by atoms with Gasteiger partial charge < -0.3 is 15.2 Å². The molecule has 0 atom stereocenters. The molecule has 0 aliphatic rings. The molecule has 112 valence electrons. The lowest BCUT2D eigenvalue weighted by atomic mass is 10.2. The van der Waals surface area contributed by atoms with E-state index in [4.69, 9.17) is 16.3 Å². The second-order valence-electron chi connectivity index (χ2n) is 5.02. The first-order valence-corrected chi connectivity index (χ1v) is 6.74. The summed E-state index contributed by atoms with van der Waals surface area (Å²) in [5.41, 5.74) is 0.865. The number of ether oxygens (including phenoxy) is 1. The molecule has 0 aromatic heterocycles. The maximum Gasteiger partial charge on any atom is 0.234 e. The van der Waals surface area contributed by atoms with Gasteiger partial charge in [-0.3, -0.25) is 9.69 Å². The highest BCUT2D eigenvalue weighted by Gasteiger charge is 2.12. The Morgan fingerprint density at radius 1 is 1.50 bits per heavy atom. The van der Waals surface area contributed by atoms with E-state index in [1.165, 1.54) is 7.11 Å². The normalized spacial score (nSPS) is 10.9. The topological polar surface area (TPSA) is 61.8 Å². The van der Waals surface area contributed by atoms with Crippen LogP contribution in [0.15, 0.2) is 12.1 Å². The van der Waals surface area contributed by atoms with Crippen molar-refractivity contribution in [3.8, 4) is 11.5 Å². The number of phenols is 1. The summed E-state index contributed by atoms with van der Waals surface area (Å²) < 4.78 is 5.05. The van der Waals surface area contributed by atoms with Gasteiger partial charge in [0.25, 0.3) is 0 Å². The van der Waals surface area contributed by atoms with E-state index in [0.29, 0.717) is 18.8 Å². The second-order valence-corrected chi connectivity index (χ2v) is 5.43. The van der Waals surface area contributed by atoms with Crippen molar-refractivity contribution in [3.05, 3.63) is 22.7 Å². The van der Waals surface area contributed by atoms with Gasteiger partial charge in [0, 0.05) is 12.6 Å². The van der Waals surface area contributed by atoms with E-state index in [1.54, 1.807) is 12.1 Å². The number of hydrogen-bond acceptors (Lipinski definition) is 4. The summed E-state index contributed by atoms with van der Waals surface area (Å²) >= 11 is 5.93. The van der Waals surface area contributed by atoms with Crippen molar-refractivity contribution in [1.29, 1.82) is 0 Å². The monoisotopic (exact) mass is 300 g/mol. The number of halogens is 1. The van der Waals surface area contributed by atoms with Gasteiger partial charge in [-0.05, 0) is 38.6 Å². The third-order valence-corrected chi connectivity index (χ3v) is 2.91. The maximum atomic E-state index is 11.7. The first-order valence-electron chi connectivity index (χ1n) is 6.36.